The van der Waals surface area contributed by atoms with Gasteiger partial charge in [0.2, 0.25) is 0 Å². The molecule has 0 saturated carbocycles. The molecule has 1 aromatic heterocycles. The predicted molar refractivity (Wildman–Crippen MR) is 56.3 cm³/mol. The highest BCUT2D eigenvalue weighted by Gasteiger charge is 2.22. The van der Waals surface area contributed by atoms with Gasteiger partial charge in [-0.3, -0.25) is 0 Å². The smallest absolute Gasteiger partial charge is 0.165 e. The fraction of sp³-hybridized carbons (Fsp3) is 0.545. The molecular weight excluding hydrogens is 195 g/mol. The van der Waals surface area contributed by atoms with Crippen LogP contribution in [-0.4, -0.2) is 23.7 Å². The van der Waals surface area contributed by atoms with Gasteiger partial charge in [0.25, 0.3) is 0 Å². The van der Waals surface area contributed by atoms with E-state index in [0.29, 0.717) is 5.82 Å². The van der Waals surface area contributed by atoms with E-state index in [-0.39, 0.29) is 18.0 Å². The summed E-state index contributed by atoms with van der Waals surface area (Å²) >= 11 is 0. The van der Waals surface area contributed by atoms with Crippen LogP contribution in [0.15, 0.2) is 18.3 Å². The van der Waals surface area contributed by atoms with E-state index in [1.165, 1.54) is 6.07 Å². The molecule has 82 valence electrons. The molecule has 0 aliphatic carbocycles. The van der Waals surface area contributed by atoms with E-state index in [4.69, 9.17) is 4.74 Å². The van der Waals surface area contributed by atoms with Crippen molar-refractivity contribution in [1.29, 1.82) is 0 Å². The molecule has 0 radical (unpaired) electrons. The zero-order valence-electron chi connectivity index (χ0n) is 8.74. The van der Waals surface area contributed by atoms with Gasteiger partial charge in [-0.15, -0.1) is 0 Å². The van der Waals surface area contributed by atoms with Crippen LogP contribution in [0.5, 0.6) is 0 Å². The van der Waals surface area contributed by atoms with Gasteiger partial charge < -0.3 is 10.1 Å². The Bertz CT molecular complexity index is 326. The van der Waals surface area contributed by atoms with Crippen LogP contribution in [-0.2, 0) is 4.74 Å². The van der Waals surface area contributed by atoms with Crippen LogP contribution >= 0.6 is 0 Å². The van der Waals surface area contributed by atoms with E-state index in [1.807, 2.05) is 6.92 Å². The summed E-state index contributed by atoms with van der Waals surface area (Å²) in [6.07, 6.45) is 3.86. The van der Waals surface area contributed by atoms with Crippen LogP contribution in [0.25, 0.3) is 0 Å². The van der Waals surface area contributed by atoms with Crippen molar-refractivity contribution < 1.29 is 9.13 Å². The Hall–Kier alpha value is -1.16. The maximum Gasteiger partial charge on any atom is 0.165 e. The monoisotopic (exact) mass is 210 g/mol. The van der Waals surface area contributed by atoms with Crippen molar-refractivity contribution in [2.45, 2.75) is 31.9 Å². The lowest BCUT2D eigenvalue weighted by Gasteiger charge is -2.20. The highest BCUT2D eigenvalue weighted by Crippen LogP contribution is 2.19. The Balaban J connectivity index is 1.99. The number of nitrogens with one attached hydrogen (secondary N) is 1. The Kier molecular flexibility index (Phi) is 3.16. The van der Waals surface area contributed by atoms with Crippen molar-refractivity contribution in [3.63, 3.8) is 0 Å². The standard InChI is InChI=1S/C11H15FN2O/c1-8(10-5-3-7-15-10)14-11-9(12)4-2-6-13-11/h2,4,6,8,10H,3,5,7H2,1H3,(H,13,14). The number of halogens is 1. The largest absolute Gasteiger partial charge is 0.376 e. The van der Waals surface area contributed by atoms with Crippen molar-refractivity contribution in [3.8, 4) is 0 Å². The first-order valence-corrected chi connectivity index (χ1v) is 5.26. The summed E-state index contributed by atoms with van der Waals surface area (Å²) in [6, 6.07) is 3.08. The minimum Gasteiger partial charge on any atom is -0.376 e. The minimum atomic E-state index is -0.317. The van der Waals surface area contributed by atoms with Gasteiger partial charge in [-0.1, -0.05) is 0 Å². The van der Waals surface area contributed by atoms with E-state index in [2.05, 4.69) is 10.3 Å². The normalized spacial score (nSPS) is 22.7. The quantitative estimate of drug-likeness (QED) is 0.830. The summed E-state index contributed by atoms with van der Waals surface area (Å²) in [5.74, 6) is -0.0113. The molecule has 3 nitrogen and oxygen atoms in total. The molecule has 2 rings (SSSR count). The van der Waals surface area contributed by atoms with E-state index in [0.717, 1.165) is 19.4 Å². The van der Waals surface area contributed by atoms with Crippen LogP contribution in [0.2, 0.25) is 0 Å². The molecule has 1 aliphatic heterocycles. The fourth-order valence-corrected chi connectivity index (χ4v) is 1.80. The molecule has 2 heterocycles. The van der Waals surface area contributed by atoms with E-state index in [1.54, 1.807) is 12.3 Å². The summed E-state index contributed by atoms with van der Waals surface area (Å²) in [5, 5.41) is 3.04. The van der Waals surface area contributed by atoms with Crippen molar-refractivity contribution >= 4 is 5.82 Å². The Labute approximate surface area is 88.7 Å². The summed E-state index contributed by atoms with van der Waals surface area (Å²) in [4.78, 5) is 3.95. The average molecular weight is 210 g/mol. The van der Waals surface area contributed by atoms with Crippen molar-refractivity contribution in [2.75, 3.05) is 11.9 Å². The lowest BCUT2D eigenvalue weighted by Crippen LogP contribution is -2.30. The lowest BCUT2D eigenvalue weighted by molar-refractivity contribution is 0.0995. The molecule has 0 spiro atoms. The van der Waals surface area contributed by atoms with Crippen LogP contribution in [0.3, 0.4) is 0 Å². The number of nitrogens with zero attached hydrogens (tertiary/aromatic N) is 1. The fourth-order valence-electron chi connectivity index (χ4n) is 1.80. The first-order valence-electron chi connectivity index (χ1n) is 5.26. The maximum absolute atomic E-state index is 13.3. The average Bonchev–Trinajstić information content (AvgIpc) is 2.74. The number of hydrogen-bond acceptors (Lipinski definition) is 3. The summed E-state index contributed by atoms with van der Waals surface area (Å²) in [6.45, 7) is 2.80. The second-order valence-corrected chi connectivity index (χ2v) is 3.82. The molecule has 2 unspecified atom stereocenters. The topological polar surface area (TPSA) is 34.2 Å². The molecule has 1 fully saturated rings. The molecule has 0 bridgehead atoms. The summed E-state index contributed by atoms with van der Waals surface area (Å²) in [7, 11) is 0. The molecule has 0 amide bonds. The molecule has 4 heteroatoms. The minimum absolute atomic E-state index is 0.0944. The zero-order chi connectivity index (χ0) is 10.7. The van der Waals surface area contributed by atoms with Gasteiger partial charge in [0.15, 0.2) is 11.6 Å². The number of anilines is 1. The Morgan fingerprint density at radius 2 is 2.53 bits per heavy atom. The Morgan fingerprint density at radius 1 is 1.67 bits per heavy atom. The second-order valence-electron chi connectivity index (χ2n) is 3.82. The Morgan fingerprint density at radius 3 is 3.20 bits per heavy atom. The highest BCUT2D eigenvalue weighted by molar-refractivity contribution is 5.36. The van der Waals surface area contributed by atoms with Crippen molar-refractivity contribution in [2.24, 2.45) is 0 Å². The zero-order valence-corrected chi connectivity index (χ0v) is 8.74. The first kappa shape index (κ1) is 10.4. The molecule has 2 atom stereocenters. The maximum atomic E-state index is 13.3. The van der Waals surface area contributed by atoms with Crippen LogP contribution in [0, 0.1) is 5.82 Å². The van der Waals surface area contributed by atoms with Crippen molar-refractivity contribution in [3.05, 3.63) is 24.1 Å². The molecule has 0 aromatic carbocycles. The van der Waals surface area contributed by atoms with Gasteiger partial charge in [0.1, 0.15) is 0 Å². The molecule has 1 saturated heterocycles. The number of pyridine rings is 1. The second kappa shape index (κ2) is 4.57. The third-order valence-electron chi connectivity index (χ3n) is 2.65. The number of rotatable bonds is 3. The van der Waals surface area contributed by atoms with E-state index >= 15 is 0 Å². The molecule has 1 aliphatic rings. The molecule has 1 aromatic rings. The SMILES string of the molecule is CC(Nc1ncccc1F)C1CCCO1. The van der Waals surface area contributed by atoms with Gasteiger partial charge in [-0.25, -0.2) is 9.37 Å². The van der Waals surface area contributed by atoms with Gasteiger partial charge in [0, 0.05) is 12.8 Å². The lowest BCUT2D eigenvalue weighted by atomic mass is 10.1. The number of aromatic nitrogens is 1. The van der Waals surface area contributed by atoms with Gasteiger partial charge in [-0.05, 0) is 31.9 Å². The van der Waals surface area contributed by atoms with E-state index in [9.17, 15) is 4.39 Å². The number of hydrogen-bond donors (Lipinski definition) is 1. The number of ether oxygens (including phenoxy) is 1. The third-order valence-corrected chi connectivity index (χ3v) is 2.65. The molecular formula is C11H15FN2O. The van der Waals surface area contributed by atoms with Gasteiger partial charge in [0.05, 0.1) is 12.1 Å². The van der Waals surface area contributed by atoms with Crippen LogP contribution in [0.4, 0.5) is 10.2 Å². The first-order chi connectivity index (χ1) is 7.27. The molecule has 1 N–H and O–H groups in total. The third kappa shape index (κ3) is 2.45. The van der Waals surface area contributed by atoms with Gasteiger partial charge >= 0.3 is 0 Å². The summed E-state index contributed by atoms with van der Waals surface area (Å²) in [5.41, 5.74) is 0. The van der Waals surface area contributed by atoms with Crippen molar-refractivity contribution in [1.82, 2.24) is 4.98 Å². The predicted octanol–water partition coefficient (Wildman–Crippen LogP) is 2.20. The molecule has 15 heavy (non-hydrogen) atoms. The van der Waals surface area contributed by atoms with Crippen LogP contribution < -0.4 is 5.32 Å². The summed E-state index contributed by atoms with van der Waals surface area (Å²) < 4.78 is 18.8. The highest BCUT2D eigenvalue weighted by atomic mass is 19.1. The van der Waals surface area contributed by atoms with Crippen LogP contribution in [0.1, 0.15) is 19.8 Å². The van der Waals surface area contributed by atoms with E-state index < -0.39 is 0 Å². The van der Waals surface area contributed by atoms with Gasteiger partial charge in [-0.2, -0.15) is 0 Å².